The third kappa shape index (κ3) is 4.13. The van der Waals surface area contributed by atoms with Crippen molar-refractivity contribution in [2.75, 3.05) is 5.32 Å². The highest BCUT2D eigenvalue weighted by Crippen LogP contribution is 2.09. The summed E-state index contributed by atoms with van der Waals surface area (Å²) in [6.45, 7) is 1.60. The van der Waals surface area contributed by atoms with Crippen molar-refractivity contribution in [1.82, 2.24) is 0 Å². The third-order valence-electron chi connectivity index (χ3n) is 2.28. The van der Waals surface area contributed by atoms with Gasteiger partial charge in [0.15, 0.2) is 0 Å². The molecule has 0 unspecified atom stereocenters. The molecule has 0 saturated carbocycles. The van der Waals surface area contributed by atoms with E-state index in [0.717, 1.165) is 5.69 Å². The Bertz CT molecular complexity index is 362. The molecule has 0 spiro atoms. The molecule has 1 aromatic carbocycles. The van der Waals surface area contributed by atoms with E-state index in [1.54, 1.807) is 19.1 Å². The predicted octanol–water partition coefficient (Wildman–Crippen LogP) is 2.13. The number of amides is 1. The number of carbonyl (C=O) groups excluding carboxylic acids is 1. The summed E-state index contributed by atoms with van der Waals surface area (Å²) in [4.78, 5) is 22.0. The minimum Gasteiger partial charge on any atom is -0.481 e. The van der Waals surface area contributed by atoms with Crippen molar-refractivity contribution in [2.24, 2.45) is 5.92 Å². The zero-order chi connectivity index (χ0) is 12.0. The van der Waals surface area contributed by atoms with Gasteiger partial charge in [-0.3, -0.25) is 9.59 Å². The van der Waals surface area contributed by atoms with Crippen LogP contribution in [0.4, 0.5) is 5.69 Å². The molecule has 0 saturated heterocycles. The van der Waals surface area contributed by atoms with Crippen molar-refractivity contribution in [1.29, 1.82) is 0 Å². The van der Waals surface area contributed by atoms with Gasteiger partial charge in [-0.2, -0.15) is 0 Å². The van der Waals surface area contributed by atoms with Crippen LogP contribution in [0.5, 0.6) is 0 Å². The maximum atomic E-state index is 11.4. The van der Waals surface area contributed by atoms with Crippen LogP contribution in [0.2, 0.25) is 0 Å². The zero-order valence-corrected chi connectivity index (χ0v) is 9.14. The molecule has 86 valence electrons. The van der Waals surface area contributed by atoms with Crippen LogP contribution in [-0.4, -0.2) is 17.0 Å². The first kappa shape index (κ1) is 12.2. The molecule has 0 aliphatic rings. The Labute approximate surface area is 94.3 Å². The Kier molecular flexibility index (Phi) is 4.51. The van der Waals surface area contributed by atoms with E-state index in [1.807, 2.05) is 18.2 Å². The van der Waals surface area contributed by atoms with Gasteiger partial charge in [0.25, 0.3) is 0 Å². The van der Waals surface area contributed by atoms with E-state index >= 15 is 0 Å². The first-order chi connectivity index (χ1) is 7.59. The van der Waals surface area contributed by atoms with Crippen molar-refractivity contribution in [3.05, 3.63) is 30.3 Å². The number of benzene rings is 1. The lowest BCUT2D eigenvalue weighted by atomic mass is 10.1. The topological polar surface area (TPSA) is 66.4 Å². The molecule has 0 radical (unpaired) electrons. The Morgan fingerprint density at radius 1 is 1.31 bits per heavy atom. The van der Waals surface area contributed by atoms with Crippen LogP contribution in [0.3, 0.4) is 0 Å². The zero-order valence-electron chi connectivity index (χ0n) is 9.14. The summed E-state index contributed by atoms with van der Waals surface area (Å²) in [5.41, 5.74) is 0.732. The van der Waals surface area contributed by atoms with E-state index in [4.69, 9.17) is 5.11 Å². The number of hydrogen-bond donors (Lipinski definition) is 2. The number of carboxylic acids is 1. The van der Waals surface area contributed by atoms with Crippen LogP contribution in [0.15, 0.2) is 30.3 Å². The standard InChI is InChI=1S/C12H15NO3/c1-9(12(15)16)7-8-11(14)13-10-5-3-2-4-6-10/h2-6,9H,7-8H2,1H3,(H,13,14)(H,15,16)/t9-/m1/s1. The van der Waals surface area contributed by atoms with Crippen LogP contribution in [-0.2, 0) is 9.59 Å². The monoisotopic (exact) mass is 221 g/mol. The average molecular weight is 221 g/mol. The quantitative estimate of drug-likeness (QED) is 0.800. The summed E-state index contributed by atoms with van der Waals surface area (Å²) in [7, 11) is 0. The molecule has 2 N–H and O–H groups in total. The molecule has 0 aliphatic carbocycles. The summed E-state index contributed by atoms with van der Waals surface area (Å²) >= 11 is 0. The van der Waals surface area contributed by atoms with Gasteiger partial charge in [-0.15, -0.1) is 0 Å². The summed E-state index contributed by atoms with van der Waals surface area (Å²) in [5, 5.41) is 11.4. The maximum Gasteiger partial charge on any atom is 0.306 e. The SMILES string of the molecule is C[C@H](CCC(=O)Nc1ccccc1)C(=O)O. The molecule has 16 heavy (non-hydrogen) atoms. The van der Waals surface area contributed by atoms with Gasteiger partial charge < -0.3 is 10.4 Å². The second-order valence-electron chi connectivity index (χ2n) is 3.69. The van der Waals surface area contributed by atoms with Gasteiger partial charge in [-0.05, 0) is 18.6 Å². The largest absolute Gasteiger partial charge is 0.481 e. The van der Waals surface area contributed by atoms with E-state index in [-0.39, 0.29) is 12.3 Å². The van der Waals surface area contributed by atoms with Crippen molar-refractivity contribution < 1.29 is 14.7 Å². The Morgan fingerprint density at radius 2 is 1.94 bits per heavy atom. The highest BCUT2D eigenvalue weighted by Gasteiger charge is 2.12. The van der Waals surface area contributed by atoms with Crippen molar-refractivity contribution in [3.63, 3.8) is 0 Å². The van der Waals surface area contributed by atoms with Crippen LogP contribution in [0, 0.1) is 5.92 Å². The second kappa shape index (κ2) is 5.90. The normalized spacial score (nSPS) is 11.8. The lowest BCUT2D eigenvalue weighted by molar-refractivity contribution is -0.141. The lowest BCUT2D eigenvalue weighted by Crippen LogP contribution is -2.16. The van der Waals surface area contributed by atoms with Crippen LogP contribution < -0.4 is 5.32 Å². The highest BCUT2D eigenvalue weighted by atomic mass is 16.4. The van der Waals surface area contributed by atoms with Crippen LogP contribution in [0.25, 0.3) is 0 Å². The molecule has 4 nitrogen and oxygen atoms in total. The second-order valence-corrected chi connectivity index (χ2v) is 3.69. The molecule has 1 rings (SSSR count). The van der Waals surface area contributed by atoms with E-state index < -0.39 is 11.9 Å². The first-order valence-corrected chi connectivity index (χ1v) is 5.17. The molecule has 0 fully saturated rings. The lowest BCUT2D eigenvalue weighted by Gasteiger charge is -2.07. The van der Waals surface area contributed by atoms with Crippen molar-refractivity contribution >= 4 is 17.6 Å². The summed E-state index contributed by atoms with van der Waals surface area (Å²) in [6, 6.07) is 9.10. The summed E-state index contributed by atoms with van der Waals surface area (Å²) < 4.78 is 0. The van der Waals surface area contributed by atoms with Gasteiger partial charge in [0, 0.05) is 12.1 Å². The molecule has 0 heterocycles. The minimum absolute atomic E-state index is 0.153. The fourth-order valence-corrected chi connectivity index (χ4v) is 1.22. The third-order valence-corrected chi connectivity index (χ3v) is 2.28. The smallest absolute Gasteiger partial charge is 0.306 e. The summed E-state index contributed by atoms with van der Waals surface area (Å²) in [5.74, 6) is -1.51. The van der Waals surface area contributed by atoms with Gasteiger partial charge in [-0.25, -0.2) is 0 Å². The average Bonchev–Trinajstić information content (AvgIpc) is 2.27. The molecule has 0 aromatic heterocycles. The fourth-order valence-electron chi connectivity index (χ4n) is 1.22. The molecule has 0 bridgehead atoms. The number of anilines is 1. The molecule has 4 heteroatoms. The Morgan fingerprint density at radius 3 is 2.50 bits per heavy atom. The number of carbonyl (C=O) groups is 2. The Balaban J connectivity index is 2.35. The number of carboxylic acid groups (broad SMARTS) is 1. The minimum atomic E-state index is -0.868. The van der Waals surface area contributed by atoms with Crippen molar-refractivity contribution in [2.45, 2.75) is 19.8 Å². The van der Waals surface area contributed by atoms with E-state index in [9.17, 15) is 9.59 Å². The molecule has 0 aliphatic heterocycles. The molecular formula is C12H15NO3. The van der Waals surface area contributed by atoms with Gasteiger partial charge in [0.1, 0.15) is 0 Å². The molecule has 1 amide bonds. The number of aliphatic carboxylic acids is 1. The van der Waals surface area contributed by atoms with E-state index in [1.165, 1.54) is 0 Å². The van der Waals surface area contributed by atoms with E-state index in [2.05, 4.69) is 5.32 Å². The number of rotatable bonds is 5. The van der Waals surface area contributed by atoms with Crippen LogP contribution >= 0.6 is 0 Å². The fraction of sp³-hybridized carbons (Fsp3) is 0.333. The highest BCUT2D eigenvalue weighted by molar-refractivity contribution is 5.90. The van der Waals surface area contributed by atoms with E-state index in [0.29, 0.717) is 6.42 Å². The van der Waals surface area contributed by atoms with Gasteiger partial charge in [0.2, 0.25) is 5.91 Å². The molecule has 1 aromatic rings. The van der Waals surface area contributed by atoms with Crippen LogP contribution in [0.1, 0.15) is 19.8 Å². The molecular weight excluding hydrogens is 206 g/mol. The van der Waals surface area contributed by atoms with Crippen molar-refractivity contribution in [3.8, 4) is 0 Å². The predicted molar refractivity (Wildman–Crippen MR) is 61.1 cm³/mol. The summed E-state index contributed by atoms with van der Waals surface area (Å²) in [6.07, 6.45) is 0.580. The van der Waals surface area contributed by atoms with Gasteiger partial charge >= 0.3 is 5.97 Å². The number of para-hydroxylation sites is 1. The molecule has 1 atom stereocenters. The van der Waals surface area contributed by atoms with Gasteiger partial charge in [-0.1, -0.05) is 25.1 Å². The first-order valence-electron chi connectivity index (χ1n) is 5.17. The number of hydrogen-bond acceptors (Lipinski definition) is 2. The maximum absolute atomic E-state index is 11.4. The Hall–Kier alpha value is -1.84. The number of nitrogens with one attached hydrogen (secondary N) is 1. The van der Waals surface area contributed by atoms with Gasteiger partial charge in [0.05, 0.1) is 5.92 Å².